The van der Waals surface area contributed by atoms with Crippen LogP contribution in [0.25, 0.3) is 0 Å². The van der Waals surface area contributed by atoms with Crippen LogP contribution in [0.2, 0.25) is 0 Å². The number of aliphatic carboxylic acids is 1. The van der Waals surface area contributed by atoms with Gasteiger partial charge in [-0.05, 0) is 6.42 Å². The predicted octanol–water partition coefficient (Wildman–Crippen LogP) is -1.43. The van der Waals surface area contributed by atoms with E-state index in [0.29, 0.717) is 8.87 Å². The molecule has 0 fully saturated rings. The lowest BCUT2D eigenvalue weighted by Gasteiger charge is -2.23. The Morgan fingerprint density at radius 1 is 1.38 bits per heavy atom. The van der Waals surface area contributed by atoms with Crippen molar-refractivity contribution in [1.29, 1.82) is 0 Å². The zero-order valence-electron chi connectivity index (χ0n) is 12.1. The summed E-state index contributed by atoms with van der Waals surface area (Å²) in [6.07, 6.45) is 0.933. The first kappa shape index (κ1) is 17.1. The highest BCUT2D eigenvalue weighted by Crippen LogP contribution is 2.14. The molecule has 0 aliphatic carbocycles. The number of carbonyl (C=O) groups is 1. The van der Waals surface area contributed by atoms with E-state index in [-0.39, 0.29) is 6.42 Å². The van der Waals surface area contributed by atoms with Crippen LogP contribution in [-0.2, 0) is 28.9 Å². The lowest BCUT2D eigenvalue weighted by Crippen LogP contribution is -2.46. The Balaban J connectivity index is 3.56. The first-order valence-corrected chi connectivity index (χ1v) is 7.47. The summed E-state index contributed by atoms with van der Waals surface area (Å²) in [5.41, 5.74) is -1.67. The van der Waals surface area contributed by atoms with Gasteiger partial charge in [0, 0.05) is 27.3 Å². The molecule has 21 heavy (non-hydrogen) atoms. The van der Waals surface area contributed by atoms with Crippen LogP contribution in [0.4, 0.5) is 0 Å². The molecule has 1 atom stereocenters. The molecule has 0 amide bonds. The van der Waals surface area contributed by atoms with Crippen molar-refractivity contribution in [2.45, 2.75) is 24.3 Å². The quantitative estimate of drug-likeness (QED) is 0.710. The maximum atomic E-state index is 12.4. The van der Waals surface area contributed by atoms with Gasteiger partial charge in [0.05, 0.1) is 0 Å². The van der Waals surface area contributed by atoms with E-state index >= 15 is 0 Å². The molecule has 1 rings (SSSR count). The first-order valence-electron chi connectivity index (χ1n) is 6.03. The summed E-state index contributed by atoms with van der Waals surface area (Å²) in [5, 5.41) is 9.03. The second-order valence-electron chi connectivity index (χ2n) is 4.53. The summed E-state index contributed by atoms with van der Waals surface area (Å²) in [6.45, 7) is 1.52. The fourth-order valence-electron chi connectivity index (χ4n) is 1.86. The number of carboxylic acid groups (broad SMARTS) is 1. The molecule has 0 saturated carbocycles. The molecule has 118 valence electrons. The van der Waals surface area contributed by atoms with Gasteiger partial charge in [0.1, 0.15) is 6.04 Å². The van der Waals surface area contributed by atoms with Crippen LogP contribution in [-0.4, -0.2) is 46.0 Å². The van der Waals surface area contributed by atoms with Gasteiger partial charge < -0.3 is 9.67 Å². The minimum Gasteiger partial charge on any atom is -0.480 e. The number of hydrogen-bond acceptors (Lipinski definition) is 5. The molecule has 0 aromatic carbocycles. The standard InChI is InChI=1S/C11H17N3O6S/c1-5-7(10(16)17)14(4)21(19,20)8-6-12(2)11(18)13(3)9(8)15/h6-7H,5H2,1-4H3,(H,16,17). The molecule has 1 unspecified atom stereocenters. The normalized spacial score (nSPS) is 13.4. The molecule has 0 bridgehead atoms. The number of rotatable bonds is 5. The van der Waals surface area contributed by atoms with Gasteiger partial charge in [0.25, 0.3) is 15.6 Å². The molecule has 10 heteroatoms. The van der Waals surface area contributed by atoms with Crippen LogP contribution in [0.15, 0.2) is 20.7 Å². The van der Waals surface area contributed by atoms with E-state index in [1.807, 2.05) is 0 Å². The zero-order valence-corrected chi connectivity index (χ0v) is 12.9. The molecule has 9 nitrogen and oxygen atoms in total. The van der Waals surface area contributed by atoms with Gasteiger partial charge in [-0.25, -0.2) is 13.2 Å². The minimum absolute atomic E-state index is 0.0388. The van der Waals surface area contributed by atoms with Crippen LogP contribution < -0.4 is 11.2 Å². The van der Waals surface area contributed by atoms with Gasteiger partial charge in [-0.3, -0.25) is 14.2 Å². The van der Waals surface area contributed by atoms with Crippen LogP contribution >= 0.6 is 0 Å². The van der Waals surface area contributed by atoms with Crippen molar-refractivity contribution in [3.8, 4) is 0 Å². The second-order valence-corrected chi connectivity index (χ2v) is 6.50. The van der Waals surface area contributed by atoms with Crippen LogP contribution in [0, 0.1) is 0 Å². The molecule has 0 radical (unpaired) electrons. The highest BCUT2D eigenvalue weighted by atomic mass is 32.2. The van der Waals surface area contributed by atoms with E-state index in [1.165, 1.54) is 14.0 Å². The van der Waals surface area contributed by atoms with Crippen molar-refractivity contribution in [1.82, 2.24) is 13.4 Å². The smallest absolute Gasteiger partial charge is 0.330 e. The van der Waals surface area contributed by atoms with Gasteiger partial charge >= 0.3 is 11.7 Å². The van der Waals surface area contributed by atoms with Crippen LogP contribution in [0.1, 0.15) is 13.3 Å². The molecule has 1 aromatic rings. The maximum Gasteiger partial charge on any atom is 0.330 e. The molecular formula is C11H17N3O6S. The zero-order chi connectivity index (χ0) is 16.5. The Morgan fingerprint density at radius 2 is 1.90 bits per heavy atom. The number of likely N-dealkylation sites (N-methyl/N-ethyl adjacent to an activating group) is 1. The topological polar surface area (TPSA) is 119 Å². The van der Waals surface area contributed by atoms with E-state index in [4.69, 9.17) is 5.11 Å². The van der Waals surface area contributed by atoms with Crippen LogP contribution in [0.3, 0.4) is 0 Å². The van der Waals surface area contributed by atoms with Crippen molar-refractivity contribution in [2.24, 2.45) is 14.1 Å². The van der Waals surface area contributed by atoms with Crippen molar-refractivity contribution in [3.05, 3.63) is 27.0 Å². The third-order valence-electron chi connectivity index (χ3n) is 3.18. The summed E-state index contributed by atoms with van der Waals surface area (Å²) in [7, 11) is -0.791. The van der Waals surface area contributed by atoms with Crippen molar-refractivity contribution in [2.75, 3.05) is 7.05 Å². The third kappa shape index (κ3) is 2.90. The number of carboxylic acids is 1. The lowest BCUT2D eigenvalue weighted by molar-refractivity contribution is -0.141. The van der Waals surface area contributed by atoms with E-state index in [0.717, 1.165) is 24.9 Å². The third-order valence-corrected chi connectivity index (χ3v) is 5.03. The Kier molecular flexibility index (Phi) is 4.74. The Bertz CT molecular complexity index is 776. The monoisotopic (exact) mass is 319 g/mol. The number of nitrogens with zero attached hydrogens (tertiary/aromatic N) is 3. The Morgan fingerprint density at radius 3 is 2.33 bits per heavy atom. The van der Waals surface area contributed by atoms with E-state index < -0.39 is 38.2 Å². The molecule has 1 heterocycles. The lowest BCUT2D eigenvalue weighted by atomic mass is 10.2. The average molecular weight is 319 g/mol. The summed E-state index contributed by atoms with van der Waals surface area (Å²) in [6, 6.07) is -1.29. The summed E-state index contributed by atoms with van der Waals surface area (Å²) in [5.74, 6) is -1.31. The molecule has 0 aliphatic rings. The van der Waals surface area contributed by atoms with Crippen molar-refractivity contribution in [3.63, 3.8) is 0 Å². The van der Waals surface area contributed by atoms with Gasteiger partial charge in [0.15, 0.2) is 4.90 Å². The summed E-state index contributed by atoms with van der Waals surface area (Å²) in [4.78, 5) is 34.0. The fourth-order valence-corrected chi connectivity index (χ4v) is 3.40. The molecule has 1 aromatic heterocycles. The average Bonchev–Trinajstić information content (AvgIpc) is 2.40. The van der Waals surface area contributed by atoms with Gasteiger partial charge in [-0.2, -0.15) is 4.31 Å². The number of hydrogen-bond donors (Lipinski definition) is 1. The van der Waals surface area contributed by atoms with Crippen molar-refractivity contribution >= 4 is 16.0 Å². The molecule has 1 N–H and O–H groups in total. The summed E-state index contributed by atoms with van der Waals surface area (Å²) >= 11 is 0. The summed E-state index contributed by atoms with van der Waals surface area (Å²) < 4.78 is 27.0. The highest BCUT2D eigenvalue weighted by Gasteiger charge is 2.34. The minimum atomic E-state index is -4.33. The number of sulfonamides is 1. The number of aryl methyl sites for hydroxylation is 1. The van der Waals surface area contributed by atoms with Crippen LogP contribution in [0.5, 0.6) is 0 Å². The van der Waals surface area contributed by atoms with Gasteiger partial charge in [0.2, 0.25) is 0 Å². The predicted molar refractivity (Wildman–Crippen MR) is 73.6 cm³/mol. The second kappa shape index (κ2) is 5.82. The van der Waals surface area contributed by atoms with E-state index in [1.54, 1.807) is 0 Å². The van der Waals surface area contributed by atoms with E-state index in [2.05, 4.69) is 0 Å². The molecular weight excluding hydrogens is 302 g/mol. The SMILES string of the molecule is CCC(C(=O)O)N(C)S(=O)(=O)c1cn(C)c(=O)n(C)c1=O. The highest BCUT2D eigenvalue weighted by molar-refractivity contribution is 7.89. The Hall–Kier alpha value is -1.94. The van der Waals surface area contributed by atoms with Crippen molar-refractivity contribution < 1.29 is 18.3 Å². The Labute approximate surface area is 121 Å². The first-order chi connectivity index (χ1) is 9.55. The molecule has 0 spiro atoms. The van der Waals surface area contributed by atoms with Gasteiger partial charge in [-0.1, -0.05) is 6.92 Å². The molecule has 0 aliphatic heterocycles. The number of aromatic nitrogens is 2. The largest absolute Gasteiger partial charge is 0.480 e. The maximum absolute atomic E-state index is 12.4. The van der Waals surface area contributed by atoms with E-state index in [9.17, 15) is 22.8 Å². The van der Waals surface area contributed by atoms with Gasteiger partial charge in [-0.15, -0.1) is 0 Å². The fraction of sp³-hybridized carbons (Fsp3) is 0.545. The molecule has 0 saturated heterocycles.